The van der Waals surface area contributed by atoms with Gasteiger partial charge in [0.25, 0.3) is 0 Å². The number of fused-ring (bicyclic) bond motifs is 1. The van der Waals surface area contributed by atoms with Crippen molar-refractivity contribution in [3.8, 4) is 0 Å². The Hall–Kier alpha value is -1.07. The Labute approximate surface area is 125 Å². The van der Waals surface area contributed by atoms with Crippen LogP contribution in [0.25, 0.3) is 4.96 Å². The highest BCUT2D eigenvalue weighted by atomic mass is 32.1. The Bertz CT molecular complexity index is 517. The highest BCUT2D eigenvalue weighted by molar-refractivity contribution is 7.15. The first-order valence-corrected chi connectivity index (χ1v) is 8.52. The van der Waals surface area contributed by atoms with Crippen molar-refractivity contribution >= 4 is 22.1 Å². The number of aromatic nitrogens is 2. The normalized spacial score (nSPS) is 11.3. The summed E-state index contributed by atoms with van der Waals surface area (Å²) >= 11 is 1.70. The molecule has 2 rings (SSSR count). The van der Waals surface area contributed by atoms with Crippen LogP contribution >= 0.6 is 11.3 Å². The van der Waals surface area contributed by atoms with Gasteiger partial charge in [0.1, 0.15) is 0 Å². The van der Waals surface area contributed by atoms with Crippen LogP contribution in [-0.4, -0.2) is 29.5 Å². The molecule has 2 aromatic rings. The van der Waals surface area contributed by atoms with Gasteiger partial charge in [-0.25, -0.2) is 4.98 Å². The van der Waals surface area contributed by atoms with Crippen LogP contribution in [0.3, 0.4) is 0 Å². The molecule has 0 spiro atoms. The maximum Gasteiger partial charge on any atom is 0.195 e. The van der Waals surface area contributed by atoms with E-state index in [9.17, 15) is 0 Å². The van der Waals surface area contributed by atoms with Crippen LogP contribution in [0.15, 0.2) is 11.6 Å². The van der Waals surface area contributed by atoms with Gasteiger partial charge in [-0.1, -0.05) is 26.7 Å². The van der Waals surface area contributed by atoms with Crippen LogP contribution < -0.4 is 10.2 Å². The Kier molecular flexibility index (Phi) is 5.86. The lowest BCUT2D eigenvalue weighted by atomic mass is 10.2. The van der Waals surface area contributed by atoms with E-state index >= 15 is 0 Å². The minimum atomic E-state index is 0.888. The molecule has 2 aromatic heterocycles. The fourth-order valence-electron chi connectivity index (χ4n) is 2.38. The van der Waals surface area contributed by atoms with Crippen molar-refractivity contribution in [1.82, 2.24) is 14.7 Å². The maximum atomic E-state index is 4.80. The number of unbranched alkanes of at least 4 members (excludes halogenated alkanes) is 2. The number of nitrogens with one attached hydrogen (secondary N) is 1. The number of thiazole rings is 1. The monoisotopic (exact) mass is 294 g/mol. The second kappa shape index (κ2) is 7.64. The van der Waals surface area contributed by atoms with Gasteiger partial charge in [-0.2, -0.15) is 0 Å². The minimum Gasteiger partial charge on any atom is -0.358 e. The zero-order valence-electron chi connectivity index (χ0n) is 12.9. The van der Waals surface area contributed by atoms with Crippen molar-refractivity contribution in [2.75, 3.05) is 25.0 Å². The van der Waals surface area contributed by atoms with E-state index in [0.29, 0.717) is 0 Å². The van der Waals surface area contributed by atoms with Crippen molar-refractivity contribution in [1.29, 1.82) is 0 Å². The molecule has 0 radical (unpaired) electrons. The Morgan fingerprint density at radius 2 is 2.15 bits per heavy atom. The third kappa shape index (κ3) is 3.52. The van der Waals surface area contributed by atoms with Crippen LogP contribution in [0.5, 0.6) is 0 Å². The highest BCUT2D eigenvalue weighted by Crippen LogP contribution is 2.24. The number of nitrogens with zero attached hydrogens (tertiary/aromatic N) is 3. The summed E-state index contributed by atoms with van der Waals surface area (Å²) < 4.78 is 2.22. The van der Waals surface area contributed by atoms with Crippen LogP contribution in [0, 0.1) is 0 Å². The van der Waals surface area contributed by atoms with E-state index in [4.69, 9.17) is 4.98 Å². The summed E-state index contributed by atoms with van der Waals surface area (Å²) in [6, 6.07) is 0. The van der Waals surface area contributed by atoms with Crippen molar-refractivity contribution in [2.24, 2.45) is 0 Å². The Balaban J connectivity index is 2.13. The lowest BCUT2D eigenvalue weighted by Crippen LogP contribution is -2.23. The summed E-state index contributed by atoms with van der Waals surface area (Å²) in [4.78, 5) is 8.19. The highest BCUT2D eigenvalue weighted by Gasteiger charge is 2.15. The molecule has 0 bridgehead atoms. The standard InChI is InChI=1S/C15H26N4S/c1-4-6-7-9-18(3)14-13(12-16-8-5-2)19-10-11-20-15(19)17-14/h10-11,16H,4-9,12H2,1-3H3. The number of rotatable bonds is 9. The summed E-state index contributed by atoms with van der Waals surface area (Å²) in [7, 11) is 2.16. The van der Waals surface area contributed by atoms with Gasteiger partial charge in [-0.3, -0.25) is 4.40 Å². The van der Waals surface area contributed by atoms with Gasteiger partial charge in [0.15, 0.2) is 10.8 Å². The molecule has 2 heterocycles. The molecule has 0 aliphatic heterocycles. The number of hydrogen-bond donors (Lipinski definition) is 1. The third-order valence-electron chi connectivity index (χ3n) is 3.52. The molecule has 0 saturated heterocycles. The second-order valence-electron chi connectivity index (χ2n) is 5.24. The largest absolute Gasteiger partial charge is 0.358 e. The third-order valence-corrected chi connectivity index (χ3v) is 4.27. The predicted molar refractivity (Wildman–Crippen MR) is 87.9 cm³/mol. The van der Waals surface area contributed by atoms with E-state index in [2.05, 4.69) is 47.1 Å². The first-order valence-electron chi connectivity index (χ1n) is 7.64. The zero-order chi connectivity index (χ0) is 14.4. The molecule has 4 nitrogen and oxygen atoms in total. The first kappa shape index (κ1) is 15.3. The van der Waals surface area contributed by atoms with Gasteiger partial charge in [0, 0.05) is 31.7 Å². The average molecular weight is 294 g/mol. The molecule has 5 heteroatoms. The summed E-state index contributed by atoms with van der Waals surface area (Å²) in [5, 5.41) is 5.60. The van der Waals surface area contributed by atoms with Crippen LogP contribution in [0.2, 0.25) is 0 Å². The molecule has 0 atom stereocenters. The van der Waals surface area contributed by atoms with E-state index in [1.54, 1.807) is 11.3 Å². The van der Waals surface area contributed by atoms with E-state index in [1.807, 2.05) is 0 Å². The van der Waals surface area contributed by atoms with Gasteiger partial charge in [0.2, 0.25) is 0 Å². The molecular weight excluding hydrogens is 268 g/mol. The molecule has 1 N–H and O–H groups in total. The summed E-state index contributed by atoms with van der Waals surface area (Å²) in [6.07, 6.45) is 7.07. The SMILES string of the molecule is CCCCCN(C)c1nc2sccn2c1CNCCC. The molecular formula is C15H26N4S. The predicted octanol–water partition coefficient (Wildman–Crippen LogP) is 3.52. The van der Waals surface area contributed by atoms with Gasteiger partial charge >= 0.3 is 0 Å². The Morgan fingerprint density at radius 1 is 1.30 bits per heavy atom. The Morgan fingerprint density at radius 3 is 2.90 bits per heavy atom. The van der Waals surface area contributed by atoms with Crippen molar-refractivity contribution in [2.45, 2.75) is 46.1 Å². The average Bonchev–Trinajstić information content (AvgIpc) is 3.01. The zero-order valence-corrected chi connectivity index (χ0v) is 13.7. The fraction of sp³-hybridized carbons (Fsp3) is 0.667. The van der Waals surface area contributed by atoms with Gasteiger partial charge in [0.05, 0.1) is 5.69 Å². The molecule has 0 aromatic carbocycles. The number of imidazole rings is 1. The van der Waals surface area contributed by atoms with Crippen molar-refractivity contribution in [3.63, 3.8) is 0 Å². The van der Waals surface area contributed by atoms with E-state index < -0.39 is 0 Å². The van der Waals surface area contributed by atoms with Crippen LogP contribution in [-0.2, 0) is 6.54 Å². The summed E-state index contributed by atoms with van der Waals surface area (Å²) in [5.74, 6) is 1.14. The topological polar surface area (TPSA) is 32.6 Å². The molecule has 0 fully saturated rings. The molecule has 0 aliphatic rings. The number of anilines is 1. The fourth-order valence-corrected chi connectivity index (χ4v) is 3.11. The second-order valence-corrected chi connectivity index (χ2v) is 6.12. The molecule has 20 heavy (non-hydrogen) atoms. The van der Waals surface area contributed by atoms with Gasteiger partial charge in [-0.05, 0) is 19.4 Å². The van der Waals surface area contributed by atoms with E-state index in [1.165, 1.54) is 25.0 Å². The van der Waals surface area contributed by atoms with Gasteiger partial charge < -0.3 is 10.2 Å². The lowest BCUT2D eigenvalue weighted by Gasteiger charge is -2.18. The molecule has 0 unspecified atom stereocenters. The van der Waals surface area contributed by atoms with Crippen LogP contribution in [0.1, 0.15) is 45.2 Å². The quantitative estimate of drug-likeness (QED) is 0.718. The van der Waals surface area contributed by atoms with Crippen molar-refractivity contribution < 1.29 is 0 Å². The van der Waals surface area contributed by atoms with E-state index in [0.717, 1.165) is 36.8 Å². The van der Waals surface area contributed by atoms with Crippen molar-refractivity contribution in [3.05, 3.63) is 17.3 Å². The number of hydrogen-bond acceptors (Lipinski definition) is 4. The smallest absolute Gasteiger partial charge is 0.195 e. The first-order chi connectivity index (χ1) is 9.77. The molecule has 112 valence electrons. The summed E-state index contributed by atoms with van der Waals surface area (Å²) in [5.41, 5.74) is 1.29. The van der Waals surface area contributed by atoms with Crippen LogP contribution in [0.4, 0.5) is 5.82 Å². The summed E-state index contributed by atoms with van der Waals surface area (Å²) in [6.45, 7) is 7.46. The maximum absolute atomic E-state index is 4.80. The molecule has 0 amide bonds. The minimum absolute atomic E-state index is 0.888. The van der Waals surface area contributed by atoms with E-state index in [-0.39, 0.29) is 0 Å². The molecule has 0 aliphatic carbocycles. The molecule has 0 saturated carbocycles. The van der Waals surface area contributed by atoms with Gasteiger partial charge in [-0.15, -0.1) is 11.3 Å². The lowest BCUT2D eigenvalue weighted by molar-refractivity contribution is 0.655.